The molecule has 0 aliphatic heterocycles. The highest BCUT2D eigenvalue weighted by Gasteiger charge is 2.19. The molecule has 1 aromatic rings. The molecule has 0 aromatic carbocycles. The van der Waals surface area contributed by atoms with Crippen LogP contribution >= 0.6 is 0 Å². The molecule has 3 N–H and O–H groups in total. The standard InChI is InChI=1S/C8H16N4O2S/c1-3-9-5-7-6-10-12-8(7)15(13,14)11-4-2/h6,9,11H,3-5H2,1-2H3,(H,10,12). The topological polar surface area (TPSA) is 86.9 Å². The first-order chi connectivity index (χ1) is 7.11. The van der Waals surface area contributed by atoms with Gasteiger partial charge < -0.3 is 5.32 Å². The second kappa shape index (κ2) is 5.24. The average Bonchev–Trinajstić information content (AvgIpc) is 2.63. The van der Waals surface area contributed by atoms with E-state index < -0.39 is 10.0 Å². The van der Waals surface area contributed by atoms with Gasteiger partial charge in [0, 0.05) is 18.7 Å². The SMILES string of the molecule is CCNCc1cn[nH]c1S(=O)(=O)NCC. The summed E-state index contributed by atoms with van der Waals surface area (Å²) >= 11 is 0. The van der Waals surface area contributed by atoms with Crippen LogP contribution in [0.15, 0.2) is 11.2 Å². The number of nitrogens with zero attached hydrogens (tertiary/aromatic N) is 1. The van der Waals surface area contributed by atoms with Crippen LogP contribution in [0.2, 0.25) is 0 Å². The van der Waals surface area contributed by atoms with Crippen LogP contribution in [-0.2, 0) is 16.6 Å². The molecule has 0 spiro atoms. The summed E-state index contributed by atoms with van der Waals surface area (Å²) in [6.07, 6.45) is 1.52. The molecule has 6 nitrogen and oxygen atoms in total. The number of sulfonamides is 1. The molecule has 7 heteroatoms. The van der Waals surface area contributed by atoms with E-state index in [1.54, 1.807) is 6.92 Å². The van der Waals surface area contributed by atoms with Crippen molar-refractivity contribution in [2.75, 3.05) is 13.1 Å². The third-order valence-electron chi connectivity index (χ3n) is 1.85. The van der Waals surface area contributed by atoms with Crippen LogP contribution < -0.4 is 10.0 Å². The summed E-state index contributed by atoms with van der Waals surface area (Å²) in [4.78, 5) is 0. The van der Waals surface area contributed by atoms with Gasteiger partial charge in [0.1, 0.15) is 0 Å². The number of aromatic nitrogens is 2. The van der Waals surface area contributed by atoms with Gasteiger partial charge in [-0.3, -0.25) is 5.10 Å². The Balaban J connectivity index is 2.89. The molecule has 86 valence electrons. The number of H-pyrrole nitrogens is 1. The van der Waals surface area contributed by atoms with Gasteiger partial charge in [0.15, 0.2) is 5.03 Å². The fourth-order valence-electron chi connectivity index (χ4n) is 1.18. The average molecular weight is 232 g/mol. The first-order valence-corrected chi connectivity index (χ1v) is 6.32. The molecule has 0 saturated carbocycles. The monoisotopic (exact) mass is 232 g/mol. The van der Waals surface area contributed by atoms with Crippen molar-refractivity contribution in [2.45, 2.75) is 25.4 Å². The number of hydrogen-bond acceptors (Lipinski definition) is 4. The lowest BCUT2D eigenvalue weighted by Gasteiger charge is -2.05. The smallest absolute Gasteiger partial charge is 0.257 e. The highest BCUT2D eigenvalue weighted by atomic mass is 32.2. The summed E-state index contributed by atoms with van der Waals surface area (Å²) in [6, 6.07) is 0. The maximum Gasteiger partial charge on any atom is 0.257 e. The molecule has 1 aromatic heterocycles. The van der Waals surface area contributed by atoms with Crippen LogP contribution in [0.1, 0.15) is 19.4 Å². The van der Waals surface area contributed by atoms with E-state index in [4.69, 9.17) is 0 Å². The molecule has 0 bridgehead atoms. The van der Waals surface area contributed by atoms with Gasteiger partial charge in [0.25, 0.3) is 10.0 Å². The van der Waals surface area contributed by atoms with Gasteiger partial charge in [0.2, 0.25) is 0 Å². The first-order valence-electron chi connectivity index (χ1n) is 4.84. The number of nitrogens with one attached hydrogen (secondary N) is 3. The van der Waals surface area contributed by atoms with Crippen molar-refractivity contribution in [3.8, 4) is 0 Å². The number of aromatic amines is 1. The molecule has 0 radical (unpaired) electrons. The van der Waals surface area contributed by atoms with Gasteiger partial charge in [-0.2, -0.15) is 5.10 Å². The largest absolute Gasteiger partial charge is 0.313 e. The minimum absolute atomic E-state index is 0.144. The molecule has 0 atom stereocenters. The Labute approximate surface area is 89.5 Å². The predicted molar refractivity (Wildman–Crippen MR) is 56.8 cm³/mol. The van der Waals surface area contributed by atoms with Gasteiger partial charge >= 0.3 is 0 Å². The summed E-state index contributed by atoms with van der Waals surface area (Å²) in [5.41, 5.74) is 0.651. The highest BCUT2D eigenvalue weighted by Crippen LogP contribution is 2.10. The van der Waals surface area contributed by atoms with Crippen LogP contribution in [-0.4, -0.2) is 31.7 Å². The van der Waals surface area contributed by atoms with E-state index >= 15 is 0 Å². The predicted octanol–water partition coefficient (Wildman–Crippen LogP) is -0.183. The molecule has 0 aliphatic carbocycles. The molecular weight excluding hydrogens is 216 g/mol. The van der Waals surface area contributed by atoms with Gasteiger partial charge in [-0.25, -0.2) is 13.1 Å². The molecule has 0 saturated heterocycles. The normalized spacial score (nSPS) is 11.9. The second-order valence-corrected chi connectivity index (χ2v) is 4.71. The lowest BCUT2D eigenvalue weighted by Crippen LogP contribution is -2.25. The van der Waals surface area contributed by atoms with Crippen molar-refractivity contribution in [1.29, 1.82) is 0 Å². The highest BCUT2D eigenvalue weighted by molar-refractivity contribution is 7.89. The van der Waals surface area contributed by atoms with Crippen molar-refractivity contribution in [1.82, 2.24) is 20.2 Å². The summed E-state index contributed by atoms with van der Waals surface area (Å²) in [7, 11) is -3.44. The molecule has 0 amide bonds. The molecule has 0 unspecified atom stereocenters. The van der Waals surface area contributed by atoms with Crippen molar-refractivity contribution >= 4 is 10.0 Å². The van der Waals surface area contributed by atoms with E-state index in [2.05, 4.69) is 20.2 Å². The Bertz CT molecular complexity index is 399. The Kier molecular flexibility index (Phi) is 4.25. The third-order valence-corrected chi connectivity index (χ3v) is 3.41. The Morgan fingerprint density at radius 1 is 1.40 bits per heavy atom. The second-order valence-electron chi connectivity index (χ2n) is 3.01. The van der Waals surface area contributed by atoms with Crippen LogP contribution in [0.25, 0.3) is 0 Å². The lowest BCUT2D eigenvalue weighted by molar-refractivity contribution is 0.576. The van der Waals surface area contributed by atoms with E-state index in [0.29, 0.717) is 18.7 Å². The van der Waals surface area contributed by atoms with Crippen LogP contribution in [0.3, 0.4) is 0 Å². The Hall–Kier alpha value is -0.920. The fraction of sp³-hybridized carbons (Fsp3) is 0.625. The molecule has 0 fully saturated rings. The van der Waals surface area contributed by atoms with Crippen LogP contribution in [0.5, 0.6) is 0 Å². The zero-order chi connectivity index (χ0) is 11.3. The van der Waals surface area contributed by atoms with E-state index in [9.17, 15) is 8.42 Å². The fourth-order valence-corrected chi connectivity index (χ4v) is 2.35. The quantitative estimate of drug-likeness (QED) is 0.635. The van der Waals surface area contributed by atoms with Crippen molar-refractivity contribution in [3.05, 3.63) is 11.8 Å². The molecular formula is C8H16N4O2S. The summed E-state index contributed by atoms with van der Waals surface area (Å²) in [5, 5.41) is 9.44. The minimum atomic E-state index is -3.44. The maximum absolute atomic E-state index is 11.7. The van der Waals surface area contributed by atoms with Crippen molar-refractivity contribution in [2.24, 2.45) is 0 Å². The van der Waals surface area contributed by atoms with Crippen LogP contribution in [0, 0.1) is 0 Å². The van der Waals surface area contributed by atoms with Crippen molar-refractivity contribution in [3.63, 3.8) is 0 Å². The van der Waals surface area contributed by atoms with Gasteiger partial charge in [-0.15, -0.1) is 0 Å². The molecule has 1 rings (SSSR count). The van der Waals surface area contributed by atoms with Gasteiger partial charge in [-0.1, -0.05) is 13.8 Å². The van der Waals surface area contributed by atoms with Gasteiger partial charge in [-0.05, 0) is 6.54 Å². The van der Waals surface area contributed by atoms with Crippen molar-refractivity contribution < 1.29 is 8.42 Å². The third kappa shape index (κ3) is 3.01. The summed E-state index contributed by atoms with van der Waals surface area (Å²) in [5.74, 6) is 0. The van der Waals surface area contributed by atoms with Gasteiger partial charge in [0.05, 0.1) is 6.20 Å². The van der Waals surface area contributed by atoms with Crippen LogP contribution in [0.4, 0.5) is 0 Å². The Morgan fingerprint density at radius 2 is 2.13 bits per heavy atom. The first kappa shape index (κ1) is 12.2. The molecule has 1 heterocycles. The lowest BCUT2D eigenvalue weighted by atomic mass is 10.3. The Morgan fingerprint density at radius 3 is 2.73 bits per heavy atom. The summed E-state index contributed by atoms with van der Waals surface area (Å²) < 4.78 is 25.7. The van der Waals surface area contributed by atoms with E-state index in [1.165, 1.54) is 6.20 Å². The summed E-state index contributed by atoms with van der Waals surface area (Å²) in [6.45, 7) is 5.33. The van der Waals surface area contributed by atoms with E-state index in [0.717, 1.165) is 6.54 Å². The van der Waals surface area contributed by atoms with E-state index in [1.807, 2.05) is 6.92 Å². The minimum Gasteiger partial charge on any atom is -0.313 e. The maximum atomic E-state index is 11.7. The number of hydrogen-bond donors (Lipinski definition) is 3. The number of rotatable bonds is 6. The van der Waals surface area contributed by atoms with E-state index in [-0.39, 0.29) is 5.03 Å². The zero-order valence-corrected chi connectivity index (χ0v) is 9.69. The zero-order valence-electron chi connectivity index (χ0n) is 8.87. The molecule has 15 heavy (non-hydrogen) atoms. The molecule has 0 aliphatic rings.